The first kappa shape index (κ1) is 21.5. The van der Waals surface area contributed by atoms with E-state index < -0.39 is 10.0 Å². The van der Waals surface area contributed by atoms with Crippen LogP contribution in [0.1, 0.15) is 16.7 Å². The van der Waals surface area contributed by atoms with E-state index in [-0.39, 0.29) is 11.7 Å². The largest absolute Gasteiger partial charge is 0.335 e. The van der Waals surface area contributed by atoms with Gasteiger partial charge in [0.25, 0.3) is 5.91 Å². The SMILES string of the molecule is Cc1ccccc1C[NH+](C)CC(=O)N1CCN(S(=O)(=O)Cc2ccccc2)CC1. The van der Waals surface area contributed by atoms with Crippen molar-refractivity contribution >= 4 is 15.9 Å². The molecule has 0 aromatic heterocycles. The van der Waals surface area contributed by atoms with Crippen molar-refractivity contribution in [1.82, 2.24) is 9.21 Å². The maximum absolute atomic E-state index is 12.7. The molecule has 1 saturated heterocycles. The molecule has 1 heterocycles. The molecule has 0 bridgehead atoms. The summed E-state index contributed by atoms with van der Waals surface area (Å²) in [6, 6.07) is 17.4. The number of sulfonamides is 1. The Morgan fingerprint density at radius 2 is 1.59 bits per heavy atom. The normalized spacial score (nSPS) is 16.6. The fraction of sp³-hybridized carbons (Fsp3) is 0.409. The molecule has 0 saturated carbocycles. The van der Waals surface area contributed by atoms with E-state index >= 15 is 0 Å². The van der Waals surface area contributed by atoms with E-state index in [0.29, 0.717) is 32.7 Å². The van der Waals surface area contributed by atoms with Gasteiger partial charge in [0.15, 0.2) is 6.54 Å². The van der Waals surface area contributed by atoms with Crippen LogP contribution >= 0.6 is 0 Å². The van der Waals surface area contributed by atoms with Crippen LogP contribution in [0.4, 0.5) is 0 Å². The lowest BCUT2D eigenvalue weighted by Gasteiger charge is -2.34. The molecule has 1 atom stereocenters. The van der Waals surface area contributed by atoms with Crippen molar-refractivity contribution in [3.63, 3.8) is 0 Å². The Hall–Kier alpha value is -2.22. The number of aryl methyl sites for hydroxylation is 1. The lowest BCUT2D eigenvalue weighted by Crippen LogP contribution is -3.09. The fourth-order valence-electron chi connectivity index (χ4n) is 3.66. The molecule has 1 aliphatic heterocycles. The number of likely N-dealkylation sites (N-methyl/N-ethyl adjacent to an activating group) is 1. The summed E-state index contributed by atoms with van der Waals surface area (Å²) < 4.78 is 26.8. The van der Waals surface area contributed by atoms with Gasteiger partial charge in [-0.25, -0.2) is 8.42 Å². The molecule has 2 aromatic rings. The number of hydrogen-bond donors (Lipinski definition) is 1. The molecular weight excluding hydrogens is 386 g/mol. The average Bonchev–Trinajstić information content (AvgIpc) is 2.70. The van der Waals surface area contributed by atoms with Crippen LogP contribution in [0.3, 0.4) is 0 Å². The van der Waals surface area contributed by atoms with Crippen LogP contribution < -0.4 is 4.90 Å². The average molecular weight is 417 g/mol. The minimum Gasteiger partial charge on any atom is -0.335 e. The number of carbonyl (C=O) groups is 1. The summed E-state index contributed by atoms with van der Waals surface area (Å²) in [5, 5.41) is 0. The topological polar surface area (TPSA) is 62.1 Å². The molecule has 2 aromatic carbocycles. The summed E-state index contributed by atoms with van der Waals surface area (Å²) >= 11 is 0. The summed E-state index contributed by atoms with van der Waals surface area (Å²) in [4.78, 5) is 15.6. The maximum atomic E-state index is 12.7. The number of hydrogen-bond acceptors (Lipinski definition) is 3. The molecule has 3 rings (SSSR count). The second kappa shape index (κ2) is 9.52. The minimum absolute atomic E-state index is 0.00506. The van der Waals surface area contributed by atoms with Crippen LogP contribution in [0.25, 0.3) is 0 Å². The molecule has 1 fully saturated rings. The highest BCUT2D eigenvalue weighted by Gasteiger charge is 2.29. The summed E-state index contributed by atoms with van der Waals surface area (Å²) in [5.74, 6) is 0.0849. The van der Waals surface area contributed by atoms with Crippen molar-refractivity contribution in [2.75, 3.05) is 39.8 Å². The summed E-state index contributed by atoms with van der Waals surface area (Å²) in [6.07, 6.45) is 0. The van der Waals surface area contributed by atoms with E-state index in [1.165, 1.54) is 15.4 Å². The molecule has 0 aliphatic carbocycles. The number of quaternary nitrogens is 1. The predicted molar refractivity (Wildman–Crippen MR) is 114 cm³/mol. The standard InChI is InChI=1S/C22H29N3O3S/c1-19-8-6-7-11-21(19)16-23(2)17-22(26)24-12-14-25(15-13-24)29(27,28)18-20-9-4-3-5-10-20/h3-11H,12-18H2,1-2H3/p+1. The van der Waals surface area contributed by atoms with Gasteiger partial charge in [0.05, 0.1) is 12.8 Å². The van der Waals surface area contributed by atoms with Gasteiger partial charge in [0.2, 0.25) is 10.0 Å². The summed E-state index contributed by atoms with van der Waals surface area (Å²) in [5.41, 5.74) is 3.26. The first-order valence-corrected chi connectivity index (χ1v) is 11.6. The lowest BCUT2D eigenvalue weighted by molar-refractivity contribution is -0.885. The third-order valence-corrected chi connectivity index (χ3v) is 7.23. The van der Waals surface area contributed by atoms with Gasteiger partial charge in [0.1, 0.15) is 6.54 Å². The van der Waals surface area contributed by atoms with Gasteiger partial charge in [-0.15, -0.1) is 0 Å². The predicted octanol–water partition coefficient (Wildman–Crippen LogP) is 0.684. The molecule has 1 unspecified atom stereocenters. The van der Waals surface area contributed by atoms with Gasteiger partial charge >= 0.3 is 0 Å². The van der Waals surface area contributed by atoms with Gasteiger partial charge < -0.3 is 9.80 Å². The smallest absolute Gasteiger partial charge is 0.277 e. The maximum Gasteiger partial charge on any atom is 0.277 e. The molecule has 6 nitrogen and oxygen atoms in total. The molecule has 29 heavy (non-hydrogen) atoms. The van der Waals surface area contributed by atoms with Crippen molar-refractivity contribution in [3.8, 4) is 0 Å². The third-order valence-electron chi connectivity index (χ3n) is 5.38. The second-order valence-electron chi connectivity index (χ2n) is 7.76. The van der Waals surface area contributed by atoms with Crippen molar-refractivity contribution < 1.29 is 18.1 Å². The summed E-state index contributed by atoms with van der Waals surface area (Å²) in [7, 11) is -1.35. The van der Waals surface area contributed by atoms with E-state index in [1.807, 2.05) is 49.5 Å². The molecule has 7 heteroatoms. The van der Waals surface area contributed by atoms with E-state index in [0.717, 1.165) is 17.0 Å². The highest BCUT2D eigenvalue weighted by Crippen LogP contribution is 2.13. The molecular formula is C22H30N3O3S+. The number of nitrogens with one attached hydrogen (secondary N) is 1. The Morgan fingerprint density at radius 1 is 0.966 bits per heavy atom. The Labute approximate surface area is 173 Å². The van der Waals surface area contributed by atoms with E-state index in [2.05, 4.69) is 19.1 Å². The van der Waals surface area contributed by atoms with Gasteiger partial charge in [-0.3, -0.25) is 4.79 Å². The Bertz CT molecular complexity index is 923. The zero-order valence-corrected chi connectivity index (χ0v) is 18.0. The van der Waals surface area contributed by atoms with Gasteiger partial charge in [0, 0.05) is 31.7 Å². The zero-order chi connectivity index (χ0) is 20.9. The van der Waals surface area contributed by atoms with E-state index in [9.17, 15) is 13.2 Å². The quantitative estimate of drug-likeness (QED) is 0.722. The van der Waals surface area contributed by atoms with Crippen molar-refractivity contribution in [2.24, 2.45) is 0 Å². The van der Waals surface area contributed by atoms with Crippen LogP contribution in [-0.2, 0) is 27.1 Å². The van der Waals surface area contributed by atoms with Crippen LogP contribution in [0, 0.1) is 6.92 Å². The number of rotatable bonds is 7. The van der Waals surface area contributed by atoms with Gasteiger partial charge in [-0.2, -0.15) is 4.31 Å². The Balaban J connectivity index is 1.49. The number of nitrogens with zero attached hydrogens (tertiary/aromatic N) is 2. The zero-order valence-electron chi connectivity index (χ0n) is 17.2. The first-order valence-electron chi connectivity index (χ1n) is 10.0. The number of amides is 1. The minimum atomic E-state index is -3.36. The monoisotopic (exact) mass is 416 g/mol. The highest BCUT2D eigenvalue weighted by atomic mass is 32.2. The second-order valence-corrected chi connectivity index (χ2v) is 9.73. The highest BCUT2D eigenvalue weighted by molar-refractivity contribution is 7.88. The van der Waals surface area contributed by atoms with Crippen LogP contribution in [0.15, 0.2) is 54.6 Å². The molecule has 1 aliphatic rings. The molecule has 156 valence electrons. The molecule has 0 spiro atoms. The lowest BCUT2D eigenvalue weighted by atomic mass is 10.1. The van der Waals surface area contributed by atoms with Crippen LogP contribution in [0.5, 0.6) is 0 Å². The van der Waals surface area contributed by atoms with E-state index in [4.69, 9.17) is 0 Å². The van der Waals surface area contributed by atoms with Crippen LogP contribution in [0.2, 0.25) is 0 Å². The van der Waals surface area contributed by atoms with Crippen molar-refractivity contribution in [3.05, 3.63) is 71.3 Å². The Morgan fingerprint density at radius 3 is 2.24 bits per heavy atom. The third kappa shape index (κ3) is 5.88. The van der Waals surface area contributed by atoms with Gasteiger partial charge in [-0.05, 0) is 18.1 Å². The molecule has 1 N–H and O–H groups in total. The van der Waals surface area contributed by atoms with Gasteiger partial charge in [-0.1, -0.05) is 54.6 Å². The van der Waals surface area contributed by atoms with E-state index in [1.54, 1.807) is 4.90 Å². The fourth-order valence-corrected chi connectivity index (χ4v) is 5.17. The summed E-state index contributed by atoms with van der Waals surface area (Å²) in [6.45, 7) is 4.90. The molecule has 0 radical (unpaired) electrons. The first-order chi connectivity index (χ1) is 13.8. The molecule has 1 amide bonds. The van der Waals surface area contributed by atoms with Crippen molar-refractivity contribution in [2.45, 2.75) is 19.2 Å². The number of carbonyl (C=O) groups excluding carboxylic acids is 1. The Kier molecular flexibility index (Phi) is 7.05. The van der Waals surface area contributed by atoms with Crippen molar-refractivity contribution in [1.29, 1.82) is 0 Å². The number of piperazine rings is 1. The van der Waals surface area contributed by atoms with Crippen LogP contribution in [-0.4, -0.2) is 63.3 Å². The number of benzene rings is 2.